The summed E-state index contributed by atoms with van der Waals surface area (Å²) in [7, 11) is 0. The van der Waals surface area contributed by atoms with E-state index in [4.69, 9.17) is 10.00 Å². The second-order valence-electron chi connectivity index (χ2n) is 7.30. The average Bonchev–Trinajstić information content (AvgIpc) is 3.18. The molecule has 25 heavy (non-hydrogen) atoms. The molecule has 0 radical (unpaired) electrons. The monoisotopic (exact) mass is 340 g/mol. The highest BCUT2D eigenvalue weighted by molar-refractivity contribution is 5.77. The van der Waals surface area contributed by atoms with Crippen molar-refractivity contribution in [3.8, 4) is 6.07 Å². The van der Waals surface area contributed by atoms with Crippen LogP contribution in [0, 0.1) is 16.7 Å². The number of ether oxygens (including phenoxy) is 1. The second kappa shape index (κ2) is 5.74. The Balaban J connectivity index is 1.66. The van der Waals surface area contributed by atoms with E-state index in [1.807, 2.05) is 16.7 Å². The van der Waals surface area contributed by atoms with Gasteiger partial charge in [0.25, 0.3) is 0 Å². The lowest BCUT2D eigenvalue weighted by Crippen LogP contribution is -2.47. The van der Waals surface area contributed by atoms with Crippen LogP contribution >= 0.6 is 0 Å². The lowest BCUT2D eigenvalue weighted by atomic mass is 9.67. The van der Waals surface area contributed by atoms with Gasteiger partial charge in [-0.05, 0) is 43.9 Å². The van der Waals surface area contributed by atoms with E-state index >= 15 is 0 Å². The Kier molecular flexibility index (Phi) is 3.65. The van der Waals surface area contributed by atoms with Crippen LogP contribution in [0.5, 0.6) is 0 Å². The molecule has 1 amide bonds. The number of aliphatic hydroxyl groups excluding tert-OH is 1. The third kappa shape index (κ3) is 2.72. The van der Waals surface area contributed by atoms with Gasteiger partial charge in [0.1, 0.15) is 5.60 Å². The number of carbonyl (C=O) groups excluding carboxylic acids is 1. The maximum atomic E-state index is 11.5. The van der Waals surface area contributed by atoms with Crippen molar-refractivity contribution in [2.75, 3.05) is 13.2 Å². The normalized spacial score (nSPS) is 28.7. The van der Waals surface area contributed by atoms with Gasteiger partial charge in [0.15, 0.2) is 0 Å². The number of fused-ring (bicyclic) bond motifs is 1. The van der Waals surface area contributed by atoms with Gasteiger partial charge in [0.2, 0.25) is 0 Å². The fourth-order valence-electron chi connectivity index (χ4n) is 4.32. The molecule has 1 aromatic carbocycles. The minimum Gasteiger partial charge on any atom is -0.441 e. The highest BCUT2D eigenvalue weighted by Crippen LogP contribution is 2.45. The summed E-state index contributed by atoms with van der Waals surface area (Å²) in [5, 5.41) is 22.1. The number of imidazole rings is 1. The van der Waals surface area contributed by atoms with Gasteiger partial charge < -0.3 is 19.7 Å². The van der Waals surface area contributed by atoms with Crippen LogP contribution in [0.25, 0.3) is 11.0 Å². The molecule has 1 saturated heterocycles. The number of aliphatic hydroxyl groups is 1. The standard InChI is InChI=1S/C18H20N4O3/c19-7-13-2-3-14-15(6-13)22(12-21-14)10-17(11-23)4-1-5-18(8-17)9-20-16(24)25-18/h2-3,6,12,23H,1,4-5,8-11H2,(H,20,24)/t17-,18-/m0/s1. The van der Waals surface area contributed by atoms with Crippen LogP contribution in [0.15, 0.2) is 24.5 Å². The van der Waals surface area contributed by atoms with Crippen molar-refractivity contribution < 1.29 is 14.6 Å². The summed E-state index contributed by atoms with van der Waals surface area (Å²) in [6.07, 6.45) is 4.57. The molecule has 1 aromatic heterocycles. The van der Waals surface area contributed by atoms with E-state index in [1.54, 1.807) is 12.4 Å². The van der Waals surface area contributed by atoms with Gasteiger partial charge in [-0.25, -0.2) is 9.78 Å². The number of hydrogen-bond acceptors (Lipinski definition) is 5. The Labute approximate surface area is 145 Å². The Bertz CT molecular complexity index is 871. The van der Waals surface area contributed by atoms with Crippen LogP contribution in [0.4, 0.5) is 4.79 Å². The first-order valence-electron chi connectivity index (χ1n) is 8.50. The SMILES string of the molecule is N#Cc1ccc2ncn(C[C@]3(CO)CCC[C@@]4(CNC(=O)O4)C3)c2c1. The van der Waals surface area contributed by atoms with Crippen molar-refractivity contribution in [2.24, 2.45) is 5.41 Å². The molecule has 0 bridgehead atoms. The molecule has 1 aliphatic heterocycles. The molecule has 2 aromatic rings. The van der Waals surface area contributed by atoms with Gasteiger partial charge in [-0.15, -0.1) is 0 Å². The topological polar surface area (TPSA) is 100 Å². The summed E-state index contributed by atoms with van der Waals surface area (Å²) in [5.74, 6) is 0. The van der Waals surface area contributed by atoms with Crippen molar-refractivity contribution in [2.45, 2.75) is 37.8 Å². The number of nitriles is 1. The van der Waals surface area contributed by atoms with E-state index < -0.39 is 5.60 Å². The van der Waals surface area contributed by atoms with Crippen molar-refractivity contribution in [1.29, 1.82) is 5.26 Å². The largest absolute Gasteiger partial charge is 0.441 e. The van der Waals surface area contributed by atoms with Crippen LogP contribution in [0.1, 0.15) is 31.2 Å². The number of hydrogen-bond donors (Lipinski definition) is 2. The molecule has 2 N–H and O–H groups in total. The van der Waals surface area contributed by atoms with Crippen LogP contribution in [0.2, 0.25) is 0 Å². The Morgan fingerprint density at radius 1 is 1.44 bits per heavy atom. The van der Waals surface area contributed by atoms with Crippen LogP contribution in [-0.4, -0.2) is 39.5 Å². The Morgan fingerprint density at radius 3 is 3.04 bits per heavy atom. The summed E-state index contributed by atoms with van der Waals surface area (Å²) in [6, 6.07) is 7.56. The number of amides is 1. The number of rotatable bonds is 3. The molecule has 1 spiro atoms. The van der Waals surface area contributed by atoms with Crippen LogP contribution in [-0.2, 0) is 11.3 Å². The summed E-state index contributed by atoms with van der Waals surface area (Å²) < 4.78 is 7.56. The number of benzene rings is 1. The fourth-order valence-corrected chi connectivity index (χ4v) is 4.32. The predicted molar refractivity (Wildman–Crippen MR) is 89.6 cm³/mol. The van der Waals surface area contributed by atoms with Gasteiger partial charge >= 0.3 is 6.09 Å². The van der Waals surface area contributed by atoms with Crippen molar-refractivity contribution in [1.82, 2.24) is 14.9 Å². The maximum absolute atomic E-state index is 11.5. The molecule has 1 saturated carbocycles. The molecule has 130 valence electrons. The van der Waals surface area contributed by atoms with E-state index in [2.05, 4.69) is 16.4 Å². The number of nitrogens with one attached hydrogen (secondary N) is 1. The minimum absolute atomic E-state index is 0.0178. The zero-order valence-corrected chi connectivity index (χ0v) is 13.9. The molecular formula is C18H20N4O3. The number of carbonyl (C=O) groups is 1. The second-order valence-corrected chi connectivity index (χ2v) is 7.30. The van der Waals surface area contributed by atoms with Crippen molar-refractivity contribution >= 4 is 17.1 Å². The molecule has 4 rings (SSSR count). The number of aromatic nitrogens is 2. The van der Waals surface area contributed by atoms with E-state index in [1.165, 1.54) is 0 Å². The van der Waals surface area contributed by atoms with E-state index in [9.17, 15) is 9.90 Å². The van der Waals surface area contributed by atoms with E-state index in [0.717, 1.165) is 30.3 Å². The molecule has 1 aliphatic carbocycles. The van der Waals surface area contributed by atoms with Crippen molar-refractivity contribution in [3.05, 3.63) is 30.1 Å². The first-order chi connectivity index (χ1) is 12.1. The molecule has 2 heterocycles. The Morgan fingerprint density at radius 2 is 2.32 bits per heavy atom. The van der Waals surface area contributed by atoms with Gasteiger partial charge in [-0.1, -0.05) is 0 Å². The third-order valence-electron chi connectivity index (χ3n) is 5.49. The lowest BCUT2D eigenvalue weighted by Gasteiger charge is -2.44. The zero-order chi connectivity index (χ0) is 17.5. The predicted octanol–water partition coefficient (Wildman–Crippen LogP) is 1.94. The molecule has 7 heteroatoms. The summed E-state index contributed by atoms with van der Waals surface area (Å²) in [6.45, 7) is 1.09. The fraction of sp³-hybridized carbons (Fsp3) is 0.500. The highest BCUT2D eigenvalue weighted by Gasteiger charge is 2.50. The molecule has 2 atom stereocenters. The van der Waals surface area contributed by atoms with Crippen LogP contribution < -0.4 is 5.32 Å². The Hall–Kier alpha value is -2.59. The van der Waals surface area contributed by atoms with E-state index in [-0.39, 0.29) is 18.1 Å². The van der Waals surface area contributed by atoms with Gasteiger partial charge in [-0.3, -0.25) is 0 Å². The molecule has 2 aliphatic rings. The maximum Gasteiger partial charge on any atom is 0.407 e. The number of nitrogens with zero attached hydrogens (tertiary/aromatic N) is 3. The first-order valence-corrected chi connectivity index (χ1v) is 8.50. The average molecular weight is 340 g/mol. The smallest absolute Gasteiger partial charge is 0.407 e. The highest BCUT2D eigenvalue weighted by atomic mass is 16.6. The summed E-state index contributed by atoms with van der Waals surface area (Å²) >= 11 is 0. The van der Waals surface area contributed by atoms with E-state index in [0.29, 0.717) is 25.1 Å². The minimum atomic E-state index is -0.522. The van der Waals surface area contributed by atoms with Gasteiger partial charge in [0.05, 0.1) is 42.1 Å². The third-order valence-corrected chi connectivity index (χ3v) is 5.49. The molecular weight excluding hydrogens is 320 g/mol. The zero-order valence-electron chi connectivity index (χ0n) is 13.9. The summed E-state index contributed by atoms with van der Waals surface area (Å²) in [5.41, 5.74) is 1.40. The molecule has 0 unspecified atom stereocenters. The molecule has 2 fully saturated rings. The number of alkyl carbamates (subject to hydrolysis) is 1. The van der Waals surface area contributed by atoms with Gasteiger partial charge in [-0.2, -0.15) is 5.26 Å². The quantitative estimate of drug-likeness (QED) is 0.889. The summed E-state index contributed by atoms with van der Waals surface area (Å²) in [4.78, 5) is 15.9. The van der Waals surface area contributed by atoms with Gasteiger partial charge in [0, 0.05) is 12.0 Å². The van der Waals surface area contributed by atoms with Crippen LogP contribution in [0.3, 0.4) is 0 Å². The lowest BCUT2D eigenvalue weighted by molar-refractivity contribution is -0.0542. The molecule has 7 nitrogen and oxygen atoms in total. The first kappa shape index (κ1) is 15.9. The van der Waals surface area contributed by atoms with Crippen molar-refractivity contribution in [3.63, 3.8) is 0 Å².